The van der Waals surface area contributed by atoms with Gasteiger partial charge < -0.3 is 15.0 Å². The van der Waals surface area contributed by atoms with Crippen molar-refractivity contribution in [2.45, 2.75) is 24.5 Å². The zero-order valence-electron chi connectivity index (χ0n) is 13.7. The van der Waals surface area contributed by atoms with E-state index in [9.17, 15) is 14.4 Å². The molecule has 3 amide bonds. The van der Waals surface area contributed by atoms with E-state index >= 15 is 0 Å². The Morgan fingerprint density at radius 1 is 1.28 bits per heavy atom. The van der Waals surface area contributed by atoms with Crippen molar-refractivity contribution in [1.29, 1.82) is 0 Å². The second-order valence-corrected chi connectivity index (χ2v) is 6.09. The number of thioether (sulfide) groups is 1. The van der Waals surface area contributed by atoms with Crippen LogP contribution in [0.15, 0.2) is 33.7 Å². The van der Waals surface area contributed by atoms with E-state index in [1.165, 1.54) is 11.8 Å². The number of hydrogen-bond donors (Lipinski definition) is 2. The first-order valence-corrected chi connectivity index (χ1v) is 8.27. The lowest BCUT2D eigenvalue weighted by molar-refractivity contribution is -0.123. The van der Waals surface area contributed by atoms with Gasteiger partial charge in [-0.15, -0.1) is 11.8 Å². The monoisotopic (exact) mass is 363 g/mol. The number of primary amides is 1. The Bertz CT molecular complexity index is 783. The van der Waals surface area contributed by atoms with Gasteiger partial charge >= 0.3 is 12.0 Å². The average Bonchev–Trinajstić information content (AvgIpc) is 2.89. The topological polar surface area (TPSA) is 125 Å². The first kappa shape index (κ1) is 18.5. The van der Waals surface area contributed by atoms with Gasteiger partial charge in [0, 0.05) is 16.2 Å². The van der Waals surface area contributed by atoms with Gasteiger partial charge in [-0.3, -0.25) is 10.1 Å². The number of imide groups is 1. The van der Waals surface area contributed by atoms with Crippen LogP contribution in [0.2, 0.25) is 0 Å². The van der Waals surface area contributed by atoms with Gasteiger partial charge in [0.25, 0.3) is 5.91 Å². The summed E-state index contributed by atoms with van der Waals surface area (Å²) in [6.45, 7) is 3.09. The third kappa shape index (κ3) is 5.08. The van der Waals surface area contributed by atoms with E-state index in [1.807, 2.05) is 19.2 Å². The first-order chi connectivity index (χ1) is 11.9. The molecule has 1 aromatic carbocycles. The maximum atomic E-state index is 12.2. The number of benzene rings is 1. The summed E-state index contributed by atoms with van der Waals surface area (Å²) in [6, 6.07) is 5.87. The number of carbonyl (C=O) groups excluding carboxylic acids is 3. The van der Waals surface area contributed by atoms with Gasteiger partial charge in [-0.05, 0) is 26.0 Å². The number of rotatable bonds is 6. The Morgan fingerprint density at radius 3 is 2.64 bits per heavy atom. The van der Waals surface area contributed by atoms with Gasteiger partial charge in [-0.2, -0.15) is 0 Å². The van der Waals surface area contributed by atoms with Crippen LogP contribution >= 0.6 is 11.8 Å². The summed E-state index contributed by atoms with van der Waals surface area (Å²) in [5.74, 6) is -0.149. The van der Waals surface area contributed by atoms with Crippen LogP contribution in [0.1, 0.15) is 27.4 Å². The number of carbonyl (C=O) groups is 3. The zero-order valence-corrected chi connectivity index (χ0v) is 14.5. The van der Waals surface area contributed by atoms with Crippen molar-refractivity contribution >= 4 is 29.7 Å². The van der Waals surface area contributed by atoms with Crippen LogP contribution < -0.4 is 11.1 Å². The van der Waals surface area contributed by atoms with Crippen LogP contribution in [-0.2, 0) is 15.3 Å². The number of esters is 1. The third-order valence-electron chi connectivity index (χ3n) is 3.26. The number of amides is 3. The summed E-state index contributed by atoms with van der Waals surface area (Å²) < 4.78 is 10.0. The van der Waals surface area contributed by atoms with Crippen molar-refractivity contribution in [2.75, 3.05) is 6.61 Å². The van der Waals surface area contributed by atoms with Gasteiger partial charge in [0.2, 0.25) is 0 Å². The summed E-state index contributed by atoms with van der Waals surface area (Å²) >= 11 is 1.43. The fourth-order valence-corrected chi connectivity index (χ4v) is 3.20. The van der Waals surface area contributed by atoms with Gasteiger partial charge in [0.05, 0.1) is 11.3 Å². The molecule has 2 aromatic rings. The van der Waals surface area contributed by atoms with Gasteiger partial charge in [-0.1, -0.05) is 17.3 Å². The molecule has 0 spiro atoms. The number of nitrogens with one attached hydrogen (secondary N) is 1. The van der Waals surface area contributed by atoms with Crippen molar-refractivity contribution in [3.63, 3.8) is 0 Å². The summed E-state index contributed by atoms with van der Waals surface area (Å²) in [5.41, 5.74) is 6.91. The second-order valence-electron chi connectivity index (χ2n) is 5.08. The molecule has 0 aliphatic carbocycles. The standard InChI is InChI=1S/C16H17N3O5S/c1-9-12(10(2)24-19-9)8-25-13-6-4-3-5-11(13)15(21)23-7-14(20)18-16(17)22/h3-6H,7-8H2,1-2H3,(H3,17,18,20,22). The van der Waals surface area contributed by atoms with E-state index in [-0.39, 0.29) is 0 Å². The Hall–Kier alpha value is -2.81. The molecule has 0 unspecified atom stereocenters. The van der Waals surface area contributed by atoms with Crippen LogP contribution in [0.5, 0.6) is 0 Å². The highest BCUT2D eigenvalue weighted by molar-refractivity contribution is 7.98. The molecule has 0 fully saturated rings. The number of ether oxygens (including phenoxy) is 1. The fourth-order valence-electron chi connectivity index (χ4n) is 2.00. The SMILES string of the molecule is Cc1noc(C)c1CSc1ccccc1C(=O)OCC(=O)NC(N)=O. The minimum absolute atomic E-state index is 0.325. The molecular weight excluding hydrogens is 346 g/mol. The van der Waals surface area contributed by atoms with E-state index in [0.717, 1.165) is 17.0 Å². The van der Waals surface area contributed by atoms with Gasteiger partial charge in [0.1, 0.15) is 5.76 Å². The number of aryl methyl sites for hydroxylation is 2. The van der Waals surface area contributed by atoms with Gasteiger partial charge in [-0.25, -0.2) is 9.59 Å². The molecule has 0 saturated carbocycles. The maximum Gasteiger partial charge on any atom is 0.339 e. The summed E-state index contributed by atoms with van der Waals surface area (Å²) in [6.07, 6.45) is 0. The van der Waals surface area contributed by atoms with E-state index in [2.05, 4.69) is 5.16 Å². The molecule has 0 atom stereocenters. The molecule has 0 radical (unpaired) electrons. The predicted octanol–water partition coefficient (Wildman–Crippen LogP) is 1.94. The Morgan fingerprint density at radius 2 is 2.00 bits per heavy atom. The smallest absolute Gasteiger partial charge is 0.339 e. The van der Waals surface area contributed by atoms with Crippen molar-refractivity contribution in [1.82, 2.24) is 10.5 Å². The Balaban J connectivity index is 2.03. The molecule has 132 valence electrons. The highest BCUT2D eigenvalue weighted by atomic mass is 32.2. The minimum atomic E-state index is -1.00. The summed E-state index contributed by atoms with van der Waals surface area (Å²) in [5, 5.41) is 5.72. The van der Waals surface area contributed by atoms with E-state index < -0.39 is 24.5 Å². The highest BCUT2D eigenvalue weighted by Gasteiger charge is 2.16. The normalized spacial score (nSPS) is 10.3. The molecule has 8 nitrogen and oxygen atoms in total. The van der Waals surface area contributed by atoms with Gasteiger partial charge in [0.15, 0.2) is 6.61 Å². The lowest BCUT2D eigenvalue weighted by atomic mass is 10.2. The fraction of sp³-hybridized carbons (Fsp3) is 0.250. The summed E-state index contributed by atoms with van der Waals surface area (Å²) in [7, 11) is 0. The Labute approximate surface area is 148 Å². The van der Waals surface area contributed by atoms with E-state index in [4.69, 9.17) is 15.0 Å². The number of aromatic nitrogens is 1. The van der Waals surface area contributed by atoms with E-state index in [1.54, 1.807) is 24.3 Å². The number of nitrogens with two attached hydrogens (primary N) is 1. The largest absolute Gasteiger partial charge is 0.452 e. The first-order valence-electron chi connectivity index (χ1n) is 7.28. The number of hydrogen-bond acceptors (Lipinski definition) is 7. The zero-order chi connectivity index (χ0) is 18.4. The highest BCUT2D eigenvalue weighted by Crippen LogP contribution is 2.29. The molecule has 0 saturated heterocycles. The molecule has 25 heavy (non-hydrogen) atoms. The second kappa shape index (κ2) is 8.34. The summed E-state index contributed by atoms with van der Waals surface area (Å²) in [4.78, 5) is 34.8. The maximum absolute atomic E-state index is 12.2. The number of urea groups is 1. The molecule has 9 heteroatoms. The van der Waals surface area contributed by atoms with Crippen LogP contribution in [0.4, 0.5) is 4.79 Å². The van der Waals surface area contributed by atoms with Crippen LogP contribution in [0, 0.1) is 13.8 Å². The molecule has 0 aliphatic heterocycles. The molecule has 0 bridgehead atoms. The average molecular weight is 363 g/mol. The Kier molecular flexibility index (Phi) is 6.18. The predicted molar refractivity (Wildman–Crippen MR) is 90.0 cm³/mol. The lowest BCUT2D eigenvalue weighted by Gasteiger charge is -2.09. The van der Waals surface area contributed by atoms with Crippen LogP contribution in [0.25, 0.3) is 0 Å². The van der Waals surface area contributed by atoms with Crippen LogP contribution in [0.3, 0.4) is 0 Å². The molecule has 2 rings (SSSR count). The van der Waals surface area contributed by atoms with Crippen molar-refractivity contribution in [2.24, 2.45) is 5.73 Å². The van der Waals surface area contributed by atoms with Crippen molar-refractivity contribution in [3.8, 4) is 0 Å². The number of nitrogens with zero attached hydrogens (tertiary/aromatic N) is 1. The molecule has 1 aromatic heterocycles. The van der Waals surface area contributed by atoms with Crippen molar-refractivity contribution < 1.29 is 23.6 Å². The van der Waals surface area contributed by atoms with E-state index in [0.29, 0.717) is 16.2 Å². The van der Waals surface area contributed by atoms with Crippen molar-refractivity contribution in [3.05, 3.63) is 46.8 Å². The molecular formula is C16H17N3O5S. The molecule has 0 aliphatic rings. The quantitative estimate of drug-likeness (QED) is 0.593. The molecule has 1 heterocycles. The minimum Gasteiger partial charge on any atom is -0.452 e. The third-order valence-corrected chi connectivity index (χ3v) is 4.36. The van der Waals surface area contributed by atoms with Crippen LogP contribution in [-0.4, -0.2) is 29.7 Å². The lowest BCUT2D eigenvalue weighted by Crippen LogP contribution is -2.37. The molecule has 3 N–H and O–H groups in total.